The number of hydrogen-bond donors (Lipinski definition) is 0. The molecule has 1 heterocycles. The number of methoxy groups -OCH3 is 1. The molecule has 0 fully saturated rings. The van der Waals surface area contributed by atoms with E-state index >= 15 is 0 Å². The Balaban J connectivity index is 2.07. The molecule has 1 aromatic heterocycles. The topological polar surface area (TPSA) is 48.7 Å². The first-order chi connectivity index (χ1) is 13.1. The van der Waals surface area contributed by atoms with Gasteiger partial charge in [-0.2, -0.15) is 0 Å². The second-order valence-electron chi connectivity index (χ2n) is 8.41. The van der Waals surface area contributed by atoms with Gasteiger partial charge in [0.15, 0.2) is 0 Å². The normalized spacial score (nSPS) is 12.1. The third-order valence-corrected chi connectivity index (χ3v) is 9.67. The average Bonchev–Trinajstić information content (AvgIpc) is 2.61. The van der Waals surface area contributed by atoms with Crippen molar-refractivity contribution in [1.29, 1.82) is 0 Å². The summed E-state index contributed by atoms with van der Waals surface area (Å²) in [4.78, 5) is 12.6. The van der Waals surface area contributed by atoms with Crippen molar-refractivity contribution in [3.63, 3.8) is 0 Å². The lowest BCUT2D eigenvalue weighted by Gasteiger charge is -2.36. The Morgan fingerprint density at radius 3 is 2.43 bits per heavy atom. The maximum absolute atomic E-state index is 12.6. The second kappa shape index (κ2) is 7.46. The molecule has 3 aromatic rings. The van der Waals surface area contributed by atoms with E-state index in [1.807, 2.05) is 30.3 Å². The first-order valence-electron chi connectivity index (χ1n) is 9.30. The van der Waals surface area contributed by atoms with Gasteiger partial charge in [0.2, 0.25) is 8.32 Å². The van der Waals surface area contributed by atoms with Gasteiger partial charge in [0.05, 0.1) is 5.39 Å². The van der Waals surface area contributed by atoms with E-state index in [1.54, 1.807) is 13.2 Å². The van der Waals surface area contributed by atoms with Gasteiger partial charge in [-0.3, -0.25) is 0 Å². The van der Waals surface area contributed by atoms with Crippen LogP contribution >= 0.6 is 0 Å². The molecule has 0 atom stereocenters. The molecule has 0 aliphatic rings. The van der Waals surface area contributed by atoms with Crippen LogP contribution in [0.2, 0.25) is 18.1 Å². The van der Waals surface area contributed by atoms with Crippen LogP contribution in [0.25, 0.3) is 21.7 Å². The van der Waals surface area contributed by atoms with Crippen molar-refractivity contribution in [2.75, 3.05) is 13.7 Å². The first-order valence-corrected chi connectivity index (χ1v) is 12.2. The van der Waals surface area contributed by atoms with E-state index in [0.29, 0.717) is 17.6 Å². The molecule has 0 unspecified atom stereocenters. The van der Waals surface area contributed by atoms with Gasteiger partial charge in [-0.15, -0.1) is 0 Å². The monoisotopic (exact) mass is 394 g/mol. The van der Waals surface area contributed by atoms with E-state index in [0.717, 1.165) is 22.1 Å². The van der Waals surface area contributed by atoms with Gasteiger partial charge in [-0.25, -0.2) is 4.79 Å². The third kappa shape index (κ3) is 3.99. The highest BCUT2D eigenvalue weighted by Crippen LogP contribution is 2.38. The number of hydrogen-bond acceptors (Lipinski definition) is 4. The molecule has 0 radical (unpaired) electrons. The third-order valence-electron chi connectivity index (χ3n) is 5.31. The predicted molar refractivity (Wildman–Crippen MR) is 117 cm³/mol. The summed E-state index contributed by atoms with van der Waals surface area (Å²) < 4.78 is 16.9. The van der Waals surface area contributed by atoms with E-state index < -0.39 is 8.32 Å². The molecule has 0 amide bonds. The first kappa shape index (κ1) is 20.2. The minimum absolute atomic E-state index is 0.0897. The Morgan fingerprint density at radius 1 is 1.04 bits per heavy atom. The molecule has 0 spiro atoms. The van der Waals surface area contributed by atoms with Crippen molar-refractivity contribution in [2.24, 2.45) is 0 Å². The van der Waals surface area contributed by atoms with Crippen LogP contribution in [0, 0.1) is 11.8 Å². The van der Waals surface area contributed by atoms with Crippen molar-refractivity contribution in [3.8, 4) is 17.6 Å². The van der Waals surface area contributed by atoms with Crippen LogP contribution in [0.1, 0.15) is 26.3 Å². The molecule has 0 saturated carbocycles. The van der Waals surface area contributed by atoms with Gasteiger partial charge in [0, 0.05) is 29.5 Å². The van der Waals surface area contributed by atoms with Crippen LogP contribution in [0.3, 0.4) is 0 Å². The standard InChI is InChI=1S/C23H26O4Si/c1-23(2,3)28(5,6)27-17-10-12-19-18-11-9-16(8-7-13-25-4)14-20(18)22(24)26-21(19)15-17/h9-12,14-15H,13H2,1-6H3. The summed E-state index contributed by atoms with van der Waals surface area (Å²) in [5, 5.41) is 2.35. The highest BCUT2D eigenvalue weighted by Gasteiger charge is 2.39. The molecular formula is C23H26O4Si. The SMILES string of the molecule is COCC#Cc1ccc2c(c1)c(=O)oc1cc(O[Si](C)(C)C(C)(C)C)ccc12. The minimum atomic E-state index is -1.97. The van der Waals surface area contributed by atoms with Crippen LogP contribution < -0.4 is 10.1 Å². The number of benzene rings is 2. The molecule has 146 valence electrons. The lowest BCUT2D eigenvalue weighted by atomic mass is 10.0. The summed E-state index contributed by atoms with van der Waals surface area (Å²) in [5.41, 5.74) is 0.920. The molecule has 5 heteroatoms. The fraction of sp³-hybridized carbons (Fsp3) is 0.348. The Morgan fingerprint density at radius 2 is 1.75 bits per heavy atom. The minimum Gasteiger partial charge on any atom is -0.543 e. The summed E-state index contributed by atoms with van der Waals surface area (Å²) in [6, 6.07) is 11.3. The molecular weight excluding hydrogens is 368 g/mol. The predicted octanol–water partition coefficient (Wildman–Crippen LogP) is 5.33. The number of fused-ring (bicyclic) bond motifs is 3. The van der Waals surface area contributed by atoms with Crippen LogP contribution in [0.4, 0.5) is 0 Å². The zero-order chi connectivity index (χ0) is 20.5. The Bertz CT molecular complexity index is 1140. The smallest absolute Gasteiger partial charge is 0.344 e. The van der Waals surface area contributed by atoms with E-state index in [4.69, 9.17) is 13.6 Å². The second-order valence-corrected chi connectivity index (χ2v) is 13.1. The van der Waals surface area contributed by atoms with Gasteiger partial charge in [-0.1, -0.05) is 38.7 Å². The fourth-order valence-electron chi connectivity index (χ4n) is 2.71. The summed E-state index contributed by atoms with van der Waals surface area (Å²) in [7, 11) is -0.373. The van der Waals surface area contributed by atoms with Gasteiger partial charge in [0.25, 0.3) is 0 Å². The van der Waals surface area contributed by atoms with Gasteiger partial charge < -0.3 is 13.6 Å². The fourth-order valence-corrected chi connectivity index (χ4v) is 3.73. The molecule has 0 bridgehead atoms. The maximum Gasteiger partial charge on any atom is 0.344 e. The highest BCUT2D eigenvalue weighted by molar-refractivity contribution is 6.74. The van der Waals surface area contributed by atoms with Crippen molar-refractivity contribution in [1.82, 2.24) is 0 Å². The molecule has 2 aromatic carbocycles. The molecule has 0 aliphatic carbocycles. The van der Waals surface area contributed by atoms with E-state index in [1.165, 1.54) is 0 Å². The van der Waals surface area contributed by atoms with Gasteiger partial charge in [-0.05, 0) is 42.4 Å². The lowest BCUT2D eigenvalue weighted by molar-refractivity contribution is 0.240. The van der Waals surface area contributed by atoms with Gasteiger partial charge in [0.1, 0.15) is 17.9 Å². The lowest BCUT2D eigenvalue weighted by Crippen LogP contribution is -2.43. The van der Waals surface area contributed by atoms with Crippen molar-refractivity contribution in [2.45, 2.75) is 38.9 Å². The molecule has 4 nitrogen and oxygen atoms in total. The van der Waals surface area contributed by atoms with Crippen LogP contribution in [0.5, 0.6) is 5.75 Å². The zero-order valence-electron chi connectivity index (χ0n) is 17.3. The van der Waals surface area contributed by atoms with E-state index in [-0.39, 0.29) is 10.7 Å². The Labute approximate surface area is 166 Å². The summed E-state index contributed by atoms with van der Waals surface area (Å²) >= 11 is 0. The van der Waals surface area contributed by atoms with Crippen LogP contribution in [-0.4, -0.2) is 22.0 Å². The van der Waals surface area contributed by atoms with Gasteiger partial charge >= 0.3 is 5.63 Å². The molecule has 0 N–H and O–H groups in total. The van der Waals surface area contributed by atoms with E-state index in [9.17, 15) is 4.79 Å². The average molecular weight is 395 g/mol. The number of rotatable bonds is 3. The van der Waals surface area contributed by atoms with Crippen molar-refractivity contribution >= 4 is 30.1 Å². The van der Waals surface area contributed by atoms with Crippen LogP contribution in [0.15, 0.2) is 45.6 Å². The van der Waals surface area contributed by atoms with E-state index in [2.05, 4.69) is 45.7 Å². The molecule has 3 rings (SSSR count). The number of ether oxygens (including phenoxy) is 1. The maximum atomic E-state index is 12.6. The molecule has 0 saturated heterocycles. The Kier molecular flexibility index (Phi) is 5.38. The van der Waals surface area contributed by atoms with Crippen LogP contribution in [-0.2, 0) is 4.74 Å². The quantitative estimate of drug-likeness (QED) is 0.261. The van der Waals surface area contributed by atoms with Crippen molar-refractivity contribution < 1.29 is 13.6 Å². The zero-order valence-corrected chi connectivity index (χ0v) is 18.3. The molecule has 28 heavy (non-hydrogen) atoms. The summed E-state index contributed by atoms with van der Waals surface area (Å²) in [5.74, 6) is 6.63. The summed E-state index contributed by atoms with van der Waals surface area (Å²) in [6.07, 6.45) is 0. The molecule has 0 aliphatic heterocycles. The van der Waals surface area contributed by atoms with Crippen molar-refractivity contribution in [3.05, 3.63) is 52.4 Å². The highest BCUT2D eigenvalue weighted by atomic mass is 28.4. The Hall–Kier alpha value is -2.55. The summed E-state index contributed by atoms with van der Waals surface area (Å²) in [6.45, 7) is 11.3. The largest absolute Gasteiger partial charge is 0.543 e.